The van der Waals surface area contributed by atoms with Crippen molar-refractivity contribution in [2.45, 2.75) is 57.5 Å². The smallest absolute Gasteiger partial charge is 0.163 e. The van der Waals surface area contributed by atoms with Gasteiger partial charge in [0.25, 0.3) is 0 Å². The SMILES string of the molecule is CC(=O)c1ccc(-c2ccc(C3C[C@H]4C(=CC3=O)C=C[C@@H]3[C@@H]4CC[C@@]4(C)[C@H]3CC[C@@]4(O)/C=C\CO)cc2)cc1. The quantitative estimate of drug-likeness (QED) is 0.350. The maximum Gasteiger partial charge on any atom is 0.163 e. The number of rotatable bonds is 5. The van der Waals surface area contributed by atoms with Gasteiger partial charge in [-0.15, -0.1) is 0 Å². The number of carbonyl (C=O) groups is 2. The number of hydrogen-bond donors (Lipinski definition) is 2. The van der Waals surface area contributed by atoms with Crippen molar-refractivity contribution in [3.05, 3.63) is 95.6 Å². The molecule has 0 radical (unpaired) electrons. The molecule has 2 aromatic rings. The van der Waals surface area contributed by atoms with Gasteiger partial charge in [0.05, 0.1) is 12.2 Å². The molecule has 2 saturated carbocycles. The molecular weight excluding hydrogens is 484 g/mol. The van der Waals surface area contributed by atoms with Gasteiger partial charge in [-0.3, -0.25) is 9.59 Å². The Morgan fingerprint density at radius 1 is 1.03 bits per heavy atom. The highest BCUT2D eigenvalue weighted by Crippen LogP contribution is 2.64. The molecule has 0 amide bonds. The first kappa shape index (κ1) is 26.2. The van der Waals surface area contributed by atoms with Crippen molar-refractivity contribution in [2.75, 3.05) is 6.61 Å². The lowest BCUT2D eigenvalue weighted by molar-refractivity contribution is -0.117. The van der Waals surface area contributed by atoms with Crippen LogP contribution in [0.5, 0.6) is 0 Å². The minimum atomic E-state index is -0.867. The van der Waals surface area contributed by atoms with E-state index in [2.05, 4.69) is 43.3 Å². The Hall–Kier alpha value is -3.08. The monoisotopic (exact) mass is 522 g/mol. The lowest BCUT2D eigenvalue weighted by Crippen LogP contribution is -2.51. The molecule has 4 nitrogen and oxygen atoms in total. The fourth-order valence-corrected chi connectivity index (χ4v) is 8.34. The van der Waals surface area contributed by atoms with E-state index in [1.807, 2.05) is 36.4 Å². The van der Waals surface area contributed by atoms with E-state index < -0.39 is 5.60 Å². The summed E-state index contributed by atoms with van der Waals surface area (Å²) < 4.78 is 0. The Kier molecular flexibility index (Phi) is 6.60. The van der Waals surface area contributed by atoms with Gasteiger partial charge in [0.2, 0.25) is 0 Å². The van der Waals surface area contributed by atoms with Gasteiger partial charge >= 0.3 is 0 Å². The summed E-state index contributed by atoms with van der Waals surface area (Å²) in [6, 6.07) is 16.0. The third-order valence-corrected chi connectivity index (χ3v) is 10.6. The number of allylic oxidation sites excluding steroid dienone is 4. The van der Waals surface area contributed by atoms with E-state index in [-0.39, 0.29) is 29.5 Å². The van der Waals surface area contributed by atoms with E-state index in [1.54, 1.807) is 13.0 Å². The summed E-state index contributed by atoms with van der Waals surface area (Å²) >= 11 is 0. The highest BCUT2D eigenvalue weighted by molar-refractivity contribution is 5.97. The number of fused-ring (bicyclic) bond motifs is 5. The Labute approximate surface area is 231 Å². The Morgan fingerprint density at radius 2 is 1.72 bits per heavy atom. The topological polar surface area (TPSA) is 74.6 Å². The number of ketones is 2. The minimum absolute atomic E-state index is 0.0478. The fourth-order valence-electron chi connectivity index (χ4n) is 8.34. The number of carbonyl (C=O) groups excluding carboxylic acids is 2. The van der Waals surface area contributed by atoms with Crippen molar-refractivity contribution >= 4 is 11.6 Å². The van der Waals surface area contributed by atoms with E-state index in [4.69, 9.17) is 0 Å². The lowest BCUT2D eigenvalue weighted by Gasteiger charge is -2.54. The molecule has 0 heterocycles. The maximum atomic E-state index is 13.3. The molecule has 2 fully saturated rings. The first-order valence-electron chi connectivity index (χ1n) is 14.4. The van der Waals surface area contributed by atoms with Crippen LogP contribution in [0.1, 0.15) is 67.8 Å². The van der Waals surface area contributed by atoms with Crippen molar-refractivity contribution in [1.82, 2.24) is 0 Å². The molecule has 4 aliphatic rings. The van der Waals surface area contributed by atoms with Gasteiger partial charge < -0.3 is 10.2 Å². The largest absolute Gasteiger partial charge is 0.392 e. The number of aliphatic hydroxyl groups excluding tert-OH is 1. The van der Waals surface area contributed by atoms with Crippen LogP contribution in [0.25, 0.3) is 11.1 Å². The molecule has 0 saturated heterocycles. The van der Waals surface area contributed by atoms with E-state index in [0.29, 0.717) is 29.2 Å². The molecule has 6 rings (SSSR count). The van der Waals surface area contributed by atoms with Crippen molar-refractivity contribution < 1.29 is 19.8 Å². The van der Waals surface area contributed by atoms with Crippen LogP contribution >= 0.6 is 0 Å². The van der Waals surface area contributed by atoms with Crippen LogP contribution in [0.15, 0.2) is 84.5 Å². The zero-order valence-electron chi connectivity index (χ0n) is 22.8. The summed E-state index contributed by atoms with van der Waals surface area (Å²) in [6.07, 6.45) is 14.5. The van der Waals surface area contributed by atoms with E-state index >= 15 is 0 Å². The molecule has 0 bridgehead atoms. The van der Waals surface area contributed by atoms with Crippen molar-refractivity contribution in [3.8, 4) is 11.1 Å². The van der Waals surface area contributed by atoms with Crippen LogP contribution in [0.4, 0.5) is 0 Å². The molecule has 7 atom stereocenters. The van der Waals surface area contributed by atoms with Crippen LogP contribution in [0.3, 0.4) is 0 Å². The summed E-state index contributed by atoms with van der Waals surface area (Å²) in [5.74, 6) is 1.74. The molecule has 39 heavy (non-hydrogen) atoms. The number of Topliss-reactive ketones (excluding diaryl/α,β-unsaturated/α-hetero) is 1. The average Bonchev–Trinajstić information content (AvgIpc) is 3.22. The lowest BCUT2D eigenvalue weighted by atomic mass is 9.51. The second-order valence-corrected chi connectivity index (χ2v) is 12.4. The molecule has 4 aliphatic carbocycles. The molecule has 4 heteroatoms. The van der Waals surface area contributed by atoms with Crippen LogP contribution in [-0.2, 0) is 4.79 Å². The number of benzene rings is 2. The highest BCUT2D eigenvalue weighted by atomic mass is 16.3. The zero-order valence-corrected chi connectivity index (χ0v) is 22.8. The Balaban J connectivity index is 1.23. The van der Waals surface area contributed by atoms with Gasteiger partial charge in [0.1, 0.15) is 0 Å². The Bertz CT molecular complexity index is 1360. The molecule has 0 aromatic heterocycles. The van der Waals surface area contributed by atoms with Crippen LogP contribution in [0.2, 0.25) is 0 Å². The van der Waals surface area contributed by atoms with Crippen LogP contribution in [-0.4, -0.2) is 34.0 Å². The number of aliphatic hydroxyl groups is 2. The predicted octanol–water partition coefficient (Wildman–Crippen LogP) is 6.45. The average molecular weight is 523 g/mol. The molecule has 1 unspecified atom stereocenters. The van der Waals surface area contributed by atoms with E-state index in [9.17, 15) is 19.8 Å². The standard InChI is InChI=1S/C35H38O4/c1-22(37)23-4-6-24(7-5-23)25-8-10-26(11-9-25)31-21-30-27(20-33(31)38)12-13-29-28(30)14-17-34(2)32(29)15-18-35(34,39)16-3-19-36/h3-13,16,20,28-32,36,39H,14-15,17-19,21H2,1-2H3/b16-3-/t28-,29+,30-,31?,32-,34-,35-/m0/s1. The normalized spacial score (nSPS) is 35.3. The summed E-state index contributed by atoms with van der Waals surface area (Å²) in [4.78, 5) is 24.9. The van der Waals surface area contributed by atoms with Crippen molar-refractivity contribution in [2.24, 2.45) is 29.1 Å². The van der Waals surface area contributed by atoms with Gasteiger partial charge in [0.15, 0.2) is 11.6 Å². The van der Waals surface area contributed by atoms with Gasteiger partial charge in [-0.2, -0.15) is 0 Å². The van der Waals surface area contributed by atoms with Gasteiger partial charge in [-0.1, -0.05) is 79.8 Å². The fraction of sp³-hybridized carbons (Fsp3) is 0.429. The Morgan fingerprint density at radius 3 is 2.38 bits per heavy atom. The molecule has 202 valence electrons. The third-order valence-electron chi connectivity index (χ3n) is 10.6. The highest BCUT2D eigenvalue weighted by Gasteiger charge is 2.61. The summed E-state index contributed by atoms with van der Waals surface area (Å²) in [7, 11) is 0. The second kappa shape index (κ2) is 9.83. The van der Waals surface area contributed by atoms with E-state index in [1.165, 1.54) is 5.57 Å². The molecule has 2 N–H and O–H groups in total. The third kappa shape index (κ3) is 4.29. The summed E-state index contributed by atoms with van der Waals surface area (Å²) in [6.45, 7) is 3.77. The minimum Gasteiger partial charge on any atom is -0.392 e. The maximum absolute atomic E-state index is 13.3. The second-order valence-electron chi connectivity index (χ2n) is 12.4. The van der Waals surface area contributed by atoms with Gasteiger partial charge in [-0.25, -0.2) is 0 Å². The zero-order chi connectivity index (χ0) is 27.4. The molecule has 2 aromatic carbocycles. The summed E-state index contributed by atoms with van der Waals surface area (Å²) in [5, 5.41) is 20.9. The van der Waals surface area contributed by atoms with E-state index in [0.717, 1.165) is 48.8 Å². The predicted molar refractivity (Wildman–Crippen MR) is 153 cm³/mol. The summed E-state index contributed by atoms with van der Waals surface area (Å²) in [5.41, 5.74) is 4.01. The van der Waals surface area contributed by atoms with Crippen LogP contribution in [0, 0.1) is 29.1 Å². The molecule has 0 spiro atoms. The number of hydrogen-bond acceptors (Lipinski definition) is 4. The van der Waals surface area contributed by atoms with Gasteiger partial charge in [-0.05, 0) is 91.0 Å². The van der Waals surface area contributed by atoms with Crippen LogP contribution < -0.4 is 0 Å². The first-order chi connectivity index (χ1) is 18.7. The van der Waals surface area contributed by atoms with Crippen molar-refractivity contribution in [1.29, 1.82) is 0 Å². The van der Waals surface area contributed by atoms with Crippen molar-refractivity contribution in [3.63, 3.8) is 0 Å². The molecular formula is C35H38O4. The molecule has 0 aliphatic heterocycles. The van der Waals surface area contributed by atoms with Gasteiger partial charge in [0, 0.05) is 16.9 Å². The first-order valence-corrected chi connectivity index (χ1v) is 14.4.